The number of nitrogens with one attached hydrogen (secondary N) is 1. The van der Waals surface area contributed by atoms with Crippen LogP contribution in [0.4, 0.5) is 0 Å². The van der Waals surface area contributed by atoms with Crippen molar-refractivity contribution in [3.63, 3.8) is 0 Å². The number of nitrogens with zero attached hydrogens (tertiary/aromatic N) is 2. The van der Waals surface area contributed by atoms with Gasteiger partial charge in [0.25, 0.3) is 5.56 Å². The van der Waals surface area contributed by atoms with Crippen molar-refractivity contribution in [2.75, 3.05) is 20.3 Å². The first-order valence-electron chi connectivity index (χ1n) is 7.90. The molecule has 0 spiro atoms. The van der Waals surface area contributed by atoms with Crippen LogP contribution in [0, 0.1) is 0 Å². The molecule has 130 valence electrons. The predicted octanol–water partition coefficient (Wildman–Crippen LogP) is 2.22. The second kappa shape index (κ2) is 8.30. The molecule has 0 fully saturated rings. The number of rotatable bonds is 7. The molecule has 0 bridgehead atoms. The van der Waals surface area contributed by atoms with Gasteiger partial charge in [0.1, 0.15) is 0 Å². The number of methoxy groups -OCH3 is 1. The largest absolute Gasteiger partial charge is 0.383 e. The number of benzene rings is 1. The quantitative estimate of drug-likeness (QED) is 0.471. The molecule has 0 aliphatic carbocycles. The maximum absolute atomic E-state index is 12.7. The minimum absolute atomic E-state index is 0.0409. The Kier molecular flexibility index (Phi) is 6.39. The van der Waals surface area contributed by atoms with Gasteiger partial charge in [-0.2, -0.15) is 0 Å². The van der Waals surface area contributed by atoms with Gasteiger partial charge in [0.15, 0.2) is 5.16 Å². The summed E-state index contributed by atoms with van der Waals surface area (Å²) in [7, 11) is 1.59. The molecule has 24 heavy (non-hydrogen) atoms. The molecule has 0 radical (unpaired) electrons. The fraction of sp³-hybridized carbons (Fsp3) is 0.471. The Morgan fingerprint density at radius 3 is 2.71 bits per heavy atom. The highest BCUT2D eigenvalue weighted by Gasteiger charge is 2.20. The number of hydrogen-bond donors (Lipinski definition) is 1. The van der Waals surface area contributed by atoms with E-state index in [2.05, 4.69) is 10.3 Å². The molecule has 1 heterocycles. The van der Waals surface area contributed by atoms with Gasteiger partial charge < -0.3 is 10.1 Å². The van der Waals surface area contributed by atoms with E-state index in [1.165, 1.54) is 11.8 Å². The van der Waals surface area contributed by atoms with E-state index in [4.69, 9.17) is 4.74 Å². The van der Waals surface area contributed by atoms with E-state index in [0.29, 0.717) is 29.2 Å². The molecule has 1 atom stereocenters. The number of thioether (sulfide) groups is 1. The topological polar surface area (TPSA) is 73.2 Å². The highest BCUT2D eigenvalue weighted by atomic mass is 32.2. The van der Waals surface area contributed by atoms with Crippen molar-refractivity contribution in [2.45, 2.75) is 37.2 Å². The number of fused-ring (bicyclic) bond motifs is 1. The second-order valence-corrected chi connectivity index (χ2v) is 7.03. The second-order valence-electron chi connectivity index (χ2n) is 5.72. The van der Waals surface area contributed by atoms with Crippen LogP contribution in [0.15, 0.2) is 34.2 Å². The molecule has 7 heteroatoms. The average Bonchev–Trinajstić information content (AvgIpc) is 2.54. The van der Waals surface area contributed by atoms with Crippen LogP contribution in [0.2, 0.25) is 0 Å². The summed E-state index contributed by atoms with van der Waals surface area (Å²) in [6.07, 6.45) is 0. The van der Waals surface area contributed by atoms with Crippen LogP contribution in [0.5, 0.6) is 0 Å². The Hall–Kier alpha value is -1.86. The van der Waals surface area contributed by atoms with Gasteiger partial charge in [0.05, 0.1) is 22.8 Å². The van der Waals surface area contributed by atoms with Crippen LogP contribution < -0.4 is 10.9 Å². The van der Waals surface area contributed by atoms with Gasteiger partial charge in [-0.05, 0) is 32.9 Å². The van der Waals surface area contributed by atoms with E-state index >= 15 is 0 Å². The number of para-hydroxylation sites is 1. The Morgan fingerprint density at radius 2 is 2.04 bits per heavy atom. The van der Waals surface area contributed by atoms with Gasteiger partial charge >= 0.3 is 0 Å². The van der Waals surface area contributed by atoms with Crippen molar-refractivity contribution in [3.05, 3.63) is 34.6 Å². The van der Waals surface area contributed by atoms with Gasteiger partial charge in [0.2, 0.25) is 5.91 Å². The zero-order valence-electron chi connectivity index (χ0n) is 14.4. The maximum Gasteiger partial charge on any atom is 0.262 e. The lowest BCUT2D eigenvalue weighted by molar-refractivity contribution is -0.120. The molecule has 0 saturated carbocycles. The summed E-state index contributed by atoms with van der Waals surface area (Å²) in [6, 6.07) is 7.23. The molecule has 1 amide bonds. The predicted molar refractivity (Wildman–Crippen MR) is 96.6 cm³/mol. The normalized spacial score (nSPS) is 12.5. The molecule has 0 unspecified atom stereocenters. The Morgan fingerprint density at radius 1 is 1.33 bits per heavy atom. The summed E-state index contributed by atoms with van der Waals surface area (Å²) >= 11 is 1.29. The lowest BCUT2D eigenvalue weighted by atomic mass is 10.2. The summed E-state index contributed by atoms with van der Waals surface area (Å²) in [6.45, 7) is 6.60. The van der Waals surface area contributed by atoms with Crippen LogP contribution in [-0.4, -0.2) is 41.0 Å². The summed E-state index contributed by atoms with van der Waals surface area (Å²) < 4.78 is 6.57. The lowest BCUT2D eigenvalue weighted by Gasteiger charge is -2.18. The summed E-state index contributed by atoms with van der Waals surface area (Å²) in [4.78, 5) is 29.5. The van der Waals surface area contributed by atoms with E-state index < -0.39 is 0 Å². The third-order valence-electron chi connectivity index (χ3n) is 3.55. The highest BCUT2D eigenvalue weighted by Crippen LogP contribution is 2.24. The van der Waals surface area contributed by atoms with Gasteiger partial charge in [0, 0.05) is 19.7 Å². The fourth-order valence-corrected chi connectivity index (χ4v) is 3.36. The maximum atomic E-state index is 12.7. The first-order valence-corrected chi connectivity index (χ1v) is 8.78. The lowest BCUT2D eigenvalue weighted by Crippen LogP contribution is -2.34. The van der Waals surface area contributed by atoms with Crippen LogP contribution >= 0.6 is 11.8 Å². The molecule has 6 nitrogen and oxygen atoms in total. The Bertz CT molecular complexity index is 773. The van der Waals surface area contributed by atoms with Crippen molar-refractivity contribution < 1.29 is 9.53 Å². The van der Waals surface area contributed by atoms with Crippen molar-refractivity contribution in [3.8, 4) is 0 Å². The fourth-order valence-electron chi connectivity index (χ4n) is 2.30. The van der Waals surface area contributed by atoms with Gasteiger partial charge in [-0.3, -0.25) is 14.2 Å². The first kappa shape index (κ1) is 18.5. The zero-order valence-corrected chi connectivity index (χ0v) is 15.2. The molecule has 1 N–H and O–H groups in total. The van der Waals surface area contributed by atoms with E-state index in [-0.39, 0.29) is 22.8 Å². The first-order chi connectivity index (χ1) is 11.5. The molecule has 1 aromatic carbocycles. The SMILES string of the molecule is COCCNC(=O)[C@H](C)Sc1nc2ccccc2c(=O)n1C(C)C. The van der Waals surface area contributed by atoms with Crippen molar-refractivity contribution in [1.82, 2.24) is 14.9 Å². The monoisotopic (exact) mass is 349 g/mol. The summed E-state index contributed by atoms with van der Waals surface area (Å²) in [5.74, 6) is -0.102. The molecule has 0 saturated heterocycles. The Balaban J connectivity index is 2.32. The molecule has 2 aromatic rings. The smallest absolute Gasteiger partial charge is 0.262 e. The number of carbonyl (C=O) groups is 1. The van der Waals surface area contributed by atoms with Crippen LogP contribution in [0.1, 0.15) is 26.8 Å². The molecule has 2 rings (SSSR count). The Labute approximate surface area is 145 Å². The van der Waals surface area contributed by atoms with Gasteiger partial charge in [-0.15, -0.1) is 0 Å². The van der Waals surface area contributed by atoms with E-state index in [0.717, 1.165) is 0 Å². The third kappa shape index (κ3) is 4.15. The average molecular weight is 349 g/mol. The molecular weight excluding hydrogens is 326 g/mol. The van der Waals surface area contributed by atoms with Crippen molar-refractivity contribution in [2.24, 2.45) is 0 Å². The molecule has 1 aromatic heterocycles. The highest BCUT2D eigenvalue weighted by molar-refractivity contribution is 8.00. The van der Waals surface area contributed by atoms with Gasteiger partial charge in [-0.1, -0.05) is 23.9 Å². The van der Waals surface area contributed by atoms with E-state index in [1.54, 1.807) is 24.7 Å². The molecule has 0 aliphatic heterocycles. The molecular formula is C17H23N3O3S. The van der Waals surface area contributed by atoms with Crippen LogP contribution in [0.3, 0.4) is 0 Å². The number of amides is 1. The third-order valence-corrected chi connectivity index (χ3v) is 4.62. The van der Waals surface area contributed by atoms with Crippen molar-refractivity contribution in [1.29, 1.82) is 0 Å². The zero-order chi connectivity index (χ0) is 17.7. The summed E-state index contributed by atoms with van der Waals surface area (Å²) in [5, 5.41) is 3.59. The van der Waals surface area contributed by atoms with Crippen LogP contribution in [-0.2, 0) is 9.53 Å². The number of aromatic nitrogens is 2. The number of ether oxygens (including phenoxy) is 1. The van der Waals surface area contributed by atoms with Crippen LogP contribution in [0.25, 0.3) is 10.9 Å². The minimum atomic E-state index is -0.361. The van der Waals surface area contributed by atoms with E-state index in [9.17, 15) is 9.59 Å². The summed E-state index contributed by atoms with van der Waals surface area (Å²) in [5.41, 5.74) is 0.569. The van der Waals surface area contributed by atoms with Crippen molar-refractivity contribution >= 4 is 28.6 Å². The number of carbonyl (C=O) groups excluding carboxylic acids is 1. The number of hydrogen-bond acceptors (Lipinski definition) is 5. The minimum Gasteiger partial charge on any atom is -0.383 e. The van der Waals surface area contributed by atoms with E-state index in [1.807, 2.05) is 32.0 Å². The standard InChI is InChI=1S/C17H23N3O3S/c1-11(2)20-16(22)13-7-5-6-8-14(13)19-17(20)24-12(3)15(21)18-9-10-23-4/h5-8,11-12H,9-10H2,1-4H3,(H,18,21)/t12-/m0/s1. The molecule has 0 aliphatic rings. The van der Waals surface area contributed by atoms with Gasteiger partial charge in [-0.25, -0.2) is 4.98 Å².